The summed E-state index contributed by atoms with van der Waals surface area (Å²) >= 11 is 0. The van der Waals surface area contributed by atoms with Crippen LogP contribution < -0.4 is 10.6 Å². The molecule has 0 bridgehead atoms. The number of aromatic nitrogens is 2. The lowest BCUT2D eigenvalue weighted by Crippen LogP contribution is -2.33. The summed E-state index contributed by atoms with van der Waals surface area (Å²) in [4.78, 5) is 11.8. The molecule has 2 aromatic rings. The maximum atomic E-state index is 11.9. The molecule has 2 atom stereocenters. The van der Waals surface area contributed by atoms with E-state index < -0.39 is 9.84 Å². The van der Waals surface area contributed by atoms with Gasteiger partial charge in [0.2, 0.25) is 0 Å². The lowest BCUT2D eigenvalue weighted by atomic mass is 10.0. The molecule has 1 aromatic carbocycles. The van der Waals surface area contributed by atoms with Crippen LogP contribution >= 0.6 is 0 Å². The number of aromatic amines is 1. The van der Waals surface area contributed by atoms with Crippen LogP contribution in [0.2, 0.25) is 0 Å². The quantitative estimate of drug-likeness (QED) is 0.667. The number of rotatable bonds is 5. The fraction of sp³-hybridized carbons (Fsp3) is 0.524. The van der Waals surface area contributed by atoms with E-state index in [1.54, 1.807) is 0 Å². The summed E-state index contributed by atoms with van der Waals surface area (Å²) in [6.45, 7) is 3.81. The zero-order chi connectivity index (χ0) is 21.3. The number of anilines is 2. The van der Waals surface area contributed by atoms with Crippen LogP contribution in [-0.2, 0) is 26.7 Å². The minimum atomic E-state index is -3.00. The second-order valence-electron chi connectivity index (χ2n) is 8.46. The standard InChI is InChI=1S/C21H28N4O4S/c1-13(2)22-21(26)29-16-7-6-14(10-16)19-11-20(25-24-19)23-18-5-3-4-15-12-30(27,28)9-8-17(15)18/h3-5,11,13-14,16H,6-10,12H2,1-2H3,(H,22,26)(H2,23,24,25)/t14-,16+/m0/s1. The largest absolute Gasteiger partial charge is 0.446 e. The molecule has 0 unspecified atom stereocenters. The Kier molecular flexibility index (Phi) is 5.73. The number of ether oxygens (including phenoxy) is 1. The van der Waals surface area contributed by atoms with Crippen molar-refractivity contribution < 1.29 is 17.9 Å². The van der Waals surface area contributed by atoms with Crippen LogP contribution in [0.3, 0.4) is 0 Å². The molecule has 4 rings (SSSR count). The van der Waals surface area contributed by atoms with Gasteiger partial charge in [0.25, 0.3) is 0 Å². The molecule has 0 saturated heterocycles. The van der Waals surface area contributed by atoms with Crippen LogP contribution in [-0.4, -0.2) is 42.6 Å². The Morgan fingerprint density at radius 1 is 1.30 bits per heavy atom. The monoisotopic (exact) mass is 432 g/mol. The van der Waals surface area contributed by atoms with Crippen LogP contribution in [0.4, 0.5) is 16.3 Å². The Labute approximate surface area is 176 Å². The van der Waals surface area contributed by atoms with Crippen molar-refractivity contribution >= 4 is 27.4 Å². The average Bonchev–Trinajstić information content (AvgIpc) is 3.29. The van der Waals surface area contributed by atoms with Gasteiger partial charge in [0.05, 0.1) is 11.5 Å². The number of hydrogen-bond acceptors (Lipinski definition) is 6. The smallest absolute Gasteiger partial charge is 0.407 e. The number of fused-ring (bicyclic) bond motifs is 1. The molecule has 9 heteroatoms. The minimum absolute atomic E-state index is 0.0554. The molecule has 1 aliphatic carbocycles. The molecule has 1 saturated carbocycles. The number of nitrogens with zero attached hydrogens (tertiary/aromatic N) is 1. The van der Waals surface area contributed by atoms with Gasteiger partial charge in [-0.05, 0) is 56.7 Å². The van der Waals surface area contributed by atoms with E-state index in [4.69, 9.17) is 4.74 Å². The van der Waals surface area contributed by atoms with E-state index in [0.29, 0.717) is 12.2 Å². The Bertz CT molecular complexity index is 1030. The molecule has 2 heterocycles. The molecule has 162 valence electrons. The predicted octanol–water partition coefficient (Wildman–Crippen LogP) is 3.39. The number of benzene rings is 1. The fourth-order valence-electron chi connectivity index (χ4n) is 4.25. The van der Waals surface area contributed by atoms with Gasteiger partial charge in [-0.1, -0.05) is 12.1 Å². The van der Waals surface area contributed by atoms with Crippen LogP contribution in [0.5, 0.6) is 0 Å². The van der Waals surface area contributed by atoms with Gasteiger partial charge in [0.1, 0.15) is 6.10 Å². The van der Waals surface area contributed by atoms with E-state index in [-0.39, 0.29) is 35.7 Å². The van der Waals surface area contributed by atoms with E-state index >= 15 is 0 Å². The number of alkyl carbamates (subject to hydrolysis) is 1. The predicted molar refractivity (Wildman–Crippen MR) is 115 cm³/mol. The maximum Gasteiger partial charge on any atom is 0.407 e. The fourth-order valence-corrected chi connectivity index (χ4v) is 5.65. The Hall–Kier alpha value is -2.55. The van der Waals surface area contributed by atoms with Gasteiger partial charge in [0.15, 0.2) is 15.7 Å². The van der Waals surface area contributed by atoms with Crippen molar-refractivity contribution in [1.29, 1.82) is 0 Å². The highest BCUT2D eigenvalue weighted by Crippen LogP contribution is 2.36. The van der Waals surface area contributed by atoms with E-state index in [1.807, 2.05) is 38.1 Å². The van der Waals surface area contributed by atoms with E-state index in [9.17, 15) is 13.2 Å². The first-order valence-corrected chi connectivity index (χ1v) is 12.2. The summed E-state index contributed by atoms with van der Waals surface area (Å²) in [5.41, 5.74) is 3.82. The Balaban J connectivity index is 1.40. The topological polar surface area (TPSA) is 113 Å². The van der Waals surface area contributed by atoms with Crippen LogP contribution in [0, 0.1) is 0 Å². The van der Waals surface area contributed by atoms with Gasteiger partial charge >= 0.3 is 6.09 Å². The number of H-pyrrole nitrogens is 1. The van der Waals surface area contributed by atoms with Gasteiger partial charge in [0, 0.05) is 29.4 Å². The van der Waals surface area contributed by atoms with Crippen molar-refractivity contribution in [3.8, 4) is 0 Å². The molecule has 30 heavy (non-hydrogen) atoms. The normalized spacial score (nSPS) is 22.5. The van der Waals surface area contributed by atoms with Gasteiger partial charge in [-0.2, -0.15) is 5.10 Å². The van der Waals surface area contributed by atoms with Crippen molar-refractivity contribution in [3.05, 3.63) is 41.1 Å². The summed E-state index contributed by atoms with van der Waals surface area (Å²) in [7, 11) is -3.00. The summed E-state index contributed by atoms with van der Waals surface area (Å²) in [6, 6.07) is 7.75. The molecule has 8 nitrogen and oxygen atoms in total. The molecule has 1 amide bonds. The highest BCUT2D eigenvalue weighted by atomic mass is 32.2. The number of amides is 1. The molecular weight excluding hydrogens is 404 g/mol. The summed E-state index contributed by atoms with van der Waals surface area (Å²) in [5.74, 6) is 1.24. The molecule has 1 fully saturated rings. The van der Waals surface area contributed by atoms with E-state index in [0.717, 1.165) is 41.8 Å². The van der Waals surface area contributed by atoms with Gasteiger partial charge in [-0.3, -0.25) is 5.10 Å². The van der Waals surface area contributed by atoms with Crippen molar-refractivity contribution in [3.63, 3.8) is 0 Å². The summed E-state index contributed by atoms with van der Waals surface area (Å²) in [5, 5.41) is 13.6. The number of nitrogens with one attached hydrogen (secondary N) is 3. The van der Waals surface area contributed by atoms with Gasteiger partial charge in [-0.25, -0.2) is 13.2 Å². The molecule has 0 spiro atoms. The van der Waals surface area contributed by atoms with Gasteiger partial charge < -0.3 is 15.4 Å². The summed E-state index contributed by atoms with van der Waals surface area (Å²) < 4.78 is 29.3. The SMILES string of the molecule is CC(C)NC(=O)O[C@@H]1CC[C@H](c2cc(Nc3cccc4c3CCS(=O)(=O)C4)n[nH]2)C1. The average molecular weight is 433 g/mol. The highest BCUT2D eigenvalue weighted by molar-refractivity contribution is 7.90. The third-order valence-corrected chi connectivity index (χ3v) is 7.25. The van der Waals surface area contributed by atoms with Crippen molar-refractivity contribution in [2.75, 3.05) is 11.1 Å². The molecule has 3 N–H and O–H groups in total. The molecule has 1 aromatic heterocycles. The first-order chi connectivity index (χ1) is 14.3. The van der Waals surface area contributed by atoms with E-state index in [2.05, 4.69) is 20.8 Å². The van der Waals surface area contributed by atoms with Crippen molar-refractivity contribution in [2.24, 2.45) is 0 Å². The lowest BCUT2D eigenvalue weighted by molar-refractivity contribution is 0.0981. The number of hydrogen-bond donors (Lipinski definition) is 3. The van der Waals surface area contributed by atoms with E-state index in [1.165, 1.54) is 0 Å². The molecule has 0 radical (unpaired) electrons. The van der Waals surface area contributed by atoms with Gasteiger partial charge in [-0.15, -0.1) is 0 Å². The highest BCUT2D eigenvalue weighted by Gasteiger charge is 2.30. The zero-order valence-corrected chi connectivity index (χ0v) is 18.1. The third-order valence-electron chi connectivity index (χ3n) is 5.68. The van der Waals surface area contributed by atoms with Crippen LogP contribution in [0.15, 0.2) is 24.3 Å². The first-order valence-electron chi connectivity index (χ1n) is 10.4. The second-order valence-corrected chi connectivity index (χ2v) is 10.6. The van der Waals surface area contributed by atoms with Crippen molar-refractivity contribution in [1.82, 2.24) is 15.5 Å². The second kappa shape index (κ2) is 8.29. The lowest BCUT2D eigenvalue weighted by Gasteiger charge is -2.19. The zero-order valence-electron chi connectivity index (χ0n) is 17.3. The Morgan fingerprint density at radius 3 is 2.93 bits per heavy atom. The number of carbonyl (C=O) groups excluding carboxylic acids is 1. The molecular formula is C21H28N4O4S. The Morgan fingerprint density at radius 2 is 2.13 bits per heavy atom. The van der Waals surface area contributed by atoms with Crippen LogP contribution in [0.25, 0.3) is 0 Å². The third kappa shape index (κ3) is 4.77. The molecule has 2 aliphatic rings. The number of carbonyl (C=O) groups is 1. The maximum absolute atomic E-state index is 11.9. The van der Waals surface area contributed by atoms with Crippen molar-refractivity contribution in [2.45, 2.75) is 63.3 Å². The summed E-state index contributed by atoms with van der Waals surface area (Å²) in [6.07, 6.45) is 2.60. The first kappa shape index (κ1) is 20.7. The minimum Gasteiger partial charge on any atom is -0.446 e. The van der Waals surface area contributed by atoms with Crippen LogP contribution in [0.1, 0.15) is 55.8 Å². The number of sulfone groups is 1. The molecule has 1 aliphatic heterocycles.